The summed E-state index contributed by atoms with van der Waals surface area (Å²) in [5.74, 6) is 0.757. The lowest BCUT2D eigenvalue weighted by molar-refractivity contribution is 0.304. The molecule has 0 aliphatic carbocycles. The highest BCUT2D eigenvalue weighted by molar-refractivity contribution is 4.83. The molecule has 0 aliphatic rings. The second kappa shape index (κ2) is 2.43. The summed E-state index contributed by atoms with van der Waals surface area (Å²) in [6.07, 6.45) is 2.26. The van der Waals surface area contributed by atoms with Crippen molar-refractivity contribution in [1.82, 2.24) is 0 Å². The van der Waals surface area contributed by atoms with Crippen LogP contribution in [-0.4, -0.2) is 0 Å². The third-order valence-corrected chi connectivity index (χ3v) is 2.23. The zero-order chi connectivity index (χ0) is 6.78. The van der Waals surface area contributed by atoms with Crippen LogP contribution in [0, 0.1) is 17.8 Å². The average Bonchev–Trinajstić information content (AvgIpc) is 1.67. The highest BCUT2D eigenvalue weighted by Gasteiger charge is 2.27. The predicted octanol–water partition coefficient (Wildman–Crippen LogP) is 2.89. The Bertz CT molecular complexity index is 60.4. The van der Waals surface area contributed by atoms with Gasteiger partial charge in [-0.05, 0) is 19.8 Å². The summed E-state index contributed by atoms with van der Waals surface area (Å²) in [6, 6.07) is 0. The van der Waals surface area contributed by atoms with Gasteiger partial charge >= 0.3 is 0 Å². The predicted molar refractivity (Wildman–Crippen MR) is 38.6 cm³/mol. The fraction of sp³-hybridized carbons (Fsp3) is 0.875. The summed E-state index contributed by atoms with van der Waals surface area (Å²) in [5, 5.41) is 0. The SMILES string of the molecule is C[CH+]C(C)(C)C(C)C. The maximum Gasteiger partial charge on any atom is 0.104 e. The van der Waals surface area contributed by atoms with E-state index >= 15 is 0 Å². The smallest absolute Gasteiger partial charge is 0.0582 e. The van der Waals surface area contributed by atoms with Crippen molar-refractivity contribution in [2.75, 3.05) is 0 Å². The molecule has 0 bridgehead atoms. The van der Waals surface area contributed by atoms with Crippen LogP contribution in [0.5, 0.6) is 0 Å². The van der Waals surface area contributed by atoms with Gasteiger partial charge < -0.3 is 0 Å². The molecular weight excluding hydrogens is 96.1 g/mol. The van der Waals surface area contributed by atoms with Crippen molar-refractivity contribution in [3.05, 3.63) is 6.42 Å². The molecule has 0 heterocycles. The van der Waals surface area contributed by atoms with E-state index in [0.717, 1.165) is 5.92 Å². The molecule has 0 aromatic rings. The monoisotopic (exact) mass is 113 g/mol. The van der Waals surface area contributed by atoms with Crippen LogP contribution in [0.3, 0.4) is 0 Å². The normalized spacial score (nSPS) is 12.2. The quantitative estimate of drug-likeness (QED) is 0.483. The molecule has 0 aromatic carbocycles. The molecule has 0 aromatic heterocycles. The van der Waals surface area contributed by atoms with Crippen molar-refractivity contribution < 1.29 is 0 Å². The molecule has 0 radical (unpaired) electrons. The second-order valence-corrected chi connectivity index (χ2v) is 3.26. The Morgan fingerprint density at radius 3 is 1.62 bits per heavy atom. The number of rotatable bonds is 2. The summed E-state index contributed by atoms with van der Waals surface area (Å²) in [7, 11) is 0. The van der Waals surface area contributed by atoms with E-state index in [1.54, 1.807) is 0 Å². The first-order valence-electron chi connectivity index (χ1n) is 3.31. The highest BCUT2D eigenvalue weighted by Crippen LogP contribution is 2.28. The zero-order valence-corrected chi connectivity index (χ0v) is 6.65. The van der Waals surface area contributed by atoms with Gasteiger partial charge in [0.25, 0.3) is 0 Å². The Balaban J connectivity index is 3.71. The summed E-state index contributed by atoms with van der Waals surface area (Å²) in [5.41, 5.74) is 0.417. The first-order chi connectivity index (χ1) is 3.50. The molecule has 0 spiro atoms. The Labute approximate surface area is 53.3 Å². The van der Waals surface area contributed by atoms with Gasteiger partial charge in [-0.2, -0.15) is 0 Å². The minimum atomic E-state index is 0.417. The molecule has 0 fully saturated rings. The van der Waals surface area contributed by atoms with Gasteiger partial charge in [0.15, 0.2) is 0 Å². The van der Waals surface area contributed by atoms with E-state index in [9.17, 15) is 0 Å². The maximum atomic E-state index is 2.26. The minimum Gasteiger partial charge on any atom is -0.0582 e. The second-order valence-electron chi connectivity index (χ2n) is 3.26. The van der Waals surface area contributed by atoms with Crippen molar-refractivity contribution in [2.24, 2.45) is 11.3 Å². The van der Waals surface area contributed by atoms with Gasteiger partial charge in [0.05, 0.1) is 13.3 Å². The summed E-state index contributed by atoms with van der Waals surface area (Å²) in [6.45, 7) is 11.1. The van der Waals surface area contributed by atoms with E-state index < -0.39 is 0 Å². The molecule has 0 aliphatic heterocycles. The average molecular weight is 113 g/mol. The van der Waals surface area contributed by atoms with Crippen molar-refractivity contribution in [1.29, 1.82) is 0 Å². The molecule has 0 atom stereocenters. The Hall–Kier alpha value is -0.130. The van der Waals surface area contributed by atoms with Crippen molar-refractivity contribution in [3.8, 4) is 0 Å². The summed E-state index contributed by atoms with van der Waals surface area (Å²) >= 11 is 0. The molecule has 0 amide bonds. The van der Waals surface area contributed by atoms with E-state index in [4.69, 9.17) is 0 Å². The molecule has 0 saturated carbocycles. The van der Waals surface area contributed by atoms with E-state index in [1.165, 1.54) is 0 Å². The maximum absolute atomic E-state index is 2.26. The van der Waals surface area contributed by atoms with Crippen LogP contribution in [-0.2, 0) is 0 Å². The van der Waals surface area contributed by atoms with E-state index in [-0.39, 0.29) is 0 Å². The lowest BCUT2D eigenvalue weighted by Crippen LogP contribution is -2.17. The minimum absolute atomic E-state index is 0.417. The van der Waals surface area contributed by atoms with Gasteiger partial charge in [0.2, 0.25) is 0 Å². The van der Waals surface area contributed by atoms with Gasteiger partial charge in [-0.1, -0.05) is 13.8 Å². The number of hydrogen-bond acceptors (Lipinski definition) is 0. The topological polar surface area (TPSA) is 0 Å². The lowest BCUT2D eigenvalue weighted by Gasteiger charge is -2.18. The van der Waals surface area contributed by atoms with Gasteiger partial charge in [0.1, 0.15) is 5.41 Å². The lowest BCUT2D eigenvalue weighted by atomic mass is 9.79. The standard InChI is InChI=1S/C8H17/c1-6-8(4,5)7(2)3/h6-7H,1-5H3/q+1. The summed E-state index contributed by atoms with van der Waals surface area (Å²) in [4.78, 5) is 0. The van der Waals surface area contributed by atoms with E-state index in [2.05, 4.69) is 41.0 Å². The fourth-order valence-electron chi connectivity index (χ4n) is 0.333. The van der Waals surface area contributed by atoms with Gasteiger partial charge in [-0.3, -0.25) is 0 Å². The van der Waals surface area contributed by atoms with E-state index in [1.807, 2.05) is 0 Å². The third-order valence-electron chi connectivity index (χ3n) is 2.23. The molecule has 8 heavy (non-hydrogen) atoms. The van der Waals surface area contributed by atoms with Gasteiger partial charge in [-0.15, -0.1) is 0 Å². The van der Waals surface area contributed by atoms with E-state index in [0.29, 0.717) is 5.41 Å². The van der Waals surface area contributed by atoms with Gasteiger partial charge in [-0.25, -0.2) is 0 Å². The highest BCUT2D eigenvalue weighted by atomic mass is 14.2. The summed E-state index contributed by atoms with van der Waals surface area (Å²) < 4.78 is 0. The van der Waals surface area contributed by atoms with Gasteiger partial charge in [0, 0.05) is 0 Å². The third kappa shape index (κ3) is 1.77. The fourth-order valence-corrected chi connectivity index (χ4v) is 0.333. The molecule has 48 valence electrons. The molecule has 0 heteroatoms. The van der Waals surface area contributed by atoms with Crippen molar-refractivity contribution >= 4 is 0 Å². The van der Waals surface area contributed by atoms with Crippen LogP contribution in [0.4, 0.5) is 0 Å². The Morgan fingerprint density at radius 1 is 1.25 bits per heavy atom. The van der Waals surface area contributed by atoms with Crippen LogP contribution < -0.4 is 0 Å². The molecule has 0 unspecified atom stereocenters. The first kappa shape index (κ1) is 7.87. The molecular formula is C8H17+. The molecule has 0 rings (SSSR count). The van der Waals surface area contributed by atoms with Crippen LogP contribution >= 0.6 is 0 Å². The van der Waals surface area contributed by atoms with Crippen molar-refractivity contribution in [3.63, 3.8) is 0 Å². The Morgan fingerprint density at radius 2 is 1.62 bits per heavy atom. The molecule has 0 N–H and O–H groups in total. The molecule has 0 saturated heterocycles. The largest absolute Gasteiger partial charge is 0.104 e. The van der Waals surface area contributed by atoms with Crippen molar-refractivity contribution in [2.45, 2.75) is 34.6 Å². The van der Waals surface area contributed by atoms with Crippen LogP contribution in [0.15, 0.2) is 0 Å². The number of hydrogen-bond donors (Lipinski definition) is 0. The molecule has 0 nitrogen and oxygen atoms in total. The zero-order valence-electron chi connectivity index (χ0n) is 6.65. The van der Waals surface area contributed by atoms with Crippen LogP contribution in [0.1, 0.15) is 34.6 Å². The Kier molecular flexibility index (Phi) is 2.39. The van der Waals surface area contributed by atoms with Crippen LogP contribution in [0.25, 0.3) is 0 Å². The van der Waals surface area contributed by atoms with Crippen LogP contribution in [0.2, 0.25) is 0 Å². The first-order valence-corrected chi connectivity index (χ1v) is 3.31.